The summed E-state index contributed by atoms with van der Waals surface area (Å²) in [5, 5.41) is 22.5. The number of carbonyl (C=O) groups is 5. The molecule has 13 nitrogen and oxygen atoms in total. The van der Waals surface area contributed by atoms with Crippen LogP contribution in [0.4, 0.5) is 0 Å². The molecule has 0 amide bonds. The molecule has 12 unspecified atom stereocenters. The maximum Gasteiger partial charge on any atom is 0.338 e. The summed E-state index contributed by atoms with van der Waals surface area (Å²) in [4.78, 5) is 68.2. The van der Waals surface area contributed by atoms with Crippen molar-refractivity contribution in [3.8, 4) is 0 Å². The molecule has 5 saturated carbocycles. The van der Waals surface area contributed by atoms with Crippen molar-refractivity contribution in [2.75, 3.05) is 13.2 Å². The van der Waals surface area contributed by atoms with E-state index in [0.717, 1.165) is 44.9 Å². The fraction of sp³-hybridized carbons (Fsp3) is 0.635. The smallest absolute Gasteiger partial charge is 0.338 e. The number of Topliss-reactive ketones (excluding diaryl/α,β-unsaturated/α-hetero) is 2. The third-order valence-corrected chi connectivity index (χ3v) is 20.0. The third kappa shape index (κ3) is 11.5. The first-order valence-electron chi connectivity index (χ1n) is 28.5. The second-order valence-corrected chi connectivity index (χ2v) is 24.5. The van der Waals surface area contributed by atoms with Crippen LogP contribution in [0.25, 0.3) is 0 Å². The molecule has 412 valence electrons. The fourth-order valence-electron chi connectivity index (χ4n) is 15.2. The Morgan fingerprint density at radius 3 is 1.92 bits per heavy atom. The number of aliphatic hydroxyl groups is 2. The average Bonchev–Trinajstić information content (AvgIpc) is 3.87. The molecule has 2 N–H and O–H groups in total. The molecule has 1 saturated heterocycles. The summed E-state index contributed by atoms with van der Waals surface area (Å²) in [6, 6.07) is 26.1. The highest BCUT2D eigenvalue weighted by atomic mass is 16.7. The van der Waals surface area contributed by atoms with E-state index < -0.39 is 72.7 Å². The Balaban J connectivity index is 0.781. The van der Waals surface area contributed by atoms with Crippen LogP contribution < -0.4 is 0 Å². The molecule has 20 atom stereocenters. The Morgan fingerprint density at radius 1 is 0.697 bits per heavy atom. The molecule has 0 spiro atoms. The van der Waals surface area contributed by atoms with Gasteiger partial charge in [0.2, 0.25) is 0 Å². The molecule has 5 aliphatic carbocycles. The number of ketones is 2. The molecule has 6 aliphatic rings. The largest absolute Gasteiger partial charge is 0.462 e. The SMILES string of the molecule is CC1O[C@@H](OC[C@@H](C)CCC(=O)[C@@H](C)C2C(=O)CC3C4CCC5CC(O[C@@H]6CC(COC(=O)c7ccccc7)[C@@H](O)[C@H](C)C6O)CCC5(C)C4CCC32C)C(OC(=O)c2ccccc2)[C@@H](OC(=O)c2ccccc2)[C@@H]1C. The number of benzene rings is 3. The number of rotatable bonds is 17. The second-order valence-electron chi connectivity index (χ2n) is 24.5. The van der Waals surface area contributed by atoms with Crippen LogP contribution in [-0.2, 0) is 38.0 Å². The first-order valence-corrected chi connectivity index (χ1v) is 28.5. The summed E-state index contributed by atoms with van der Waals surface area (Å²) in [5.74, 6) is -1.60. The van der Waals surface area contributed by atoms with E-state index in [1.165, 1.54) is 0 Å². The van der Waals surface area contributed by atoms with Gasteiger partial charge >= 0.3 is 17.9 Å². The molecular weight excluding hydrogens is 965 g/mol. The summed E-state index contributed by atoms with van der Waals surface area (Å²) in [7, 11) is 0. The molecule has 3 aromatic carbocycles. The number of hydrogen-bond acceptors (Lipinski definition) is 13. The number of carbonyl (C=O) groups excluding carboxylic acids is 5. The van der Waals surface area contributed by atoms with Crippen molar-refractivity contribution in [1.82, 2.24) is 0 Å². The normalized spacial score (nSPS) is 37.8. The van der Waals surface area contributed by atoms with Crippen LogP contribution in [0.3, 0.4) is 0 Å². The fourth-order valence-corrected chi connectivity index (χ4v) is 15.2. The summed E-state index contributed by atoms with van der Waals surface area (Å²) < 4.78 is 37.4. The summed E-state index contributed by atoms with van der Waals surface area (Å²) >= 11 is 0. The maximum absolute atomic E-state index is 14.3. The van der Waals surface area contributed by atoms with E-state index in [-0.39, 0.29) is 71.3 Å². The van der Waals surface area contributed by atoms with Gasteiger partial charge in [0.25, 0.3) is 0 Å². The lowest BCUT2D eigenvalue weighted by Crippen LogP contribution is -2.57. The first-order chi connectivity index (χ1) is 36.4. The first kappa shape index (κ1) is 55.9. The van der Waals surface area contributed by atoms with Gasteiger partial charge in [-0.3, -0.25) is 9.59 Å². The Bertz CT molecular complexity index is 2490. The van der Waals surface area contributed by atoms with Crippen LogP contribution in [0.1, 0.15) is 150 Å². The van der Waals surface area contributed by atoms with Crippen LogP contribution in [0.2, 0.25) is 0 Å². The lowest BCUT2D eigenvalue weighted by molar-refractivity contribution is -0.280. The number of ether oxygens (including phenoxy) is 6. The van der Waals surface area contributed by atoms with Gasteiger partial charge in [-0.15, -0.1) is 0 Å². The highest BCUT2D eigenvalue weighted by molar-refractivity contribution is 5.92. The van der Waals surface area contributed by atoms with E-state index in [9.17, 15) is 34.2 Å². The highest BCUT2D eigenvalue weighted by Gasteiger charge is 2.64. The zero-order valence-electron chi connectivity index (χ0n) is 45.6. The van der Waals surface area contributed by atoms with Crippen LogP contribution in [0, 0.1) is 70.0 Å². The van der Waals surface area contributed by atoms with E-state index in [2.05, 4.69) is 13.8 Å². The van der Waals surface area contributed by atoms with Gasteiger partial charge in [-0.05, 0) is 142 Å². The number of fused-ring (bicyclic) bond motifs is 5. The van der Waals surface area contributed by atoms with E-state index in [1.54, 1.807) is 72.8 Å². The molecule has 1 heterocycles. The third-order valence-electron chi connectivity index (χ3n) is 20.0. The predicted octanol–water partition coefficient (Wildman–Crippen LogP) is 10.3. The minimum atomic E-state index is -1.07. The second kappa shape index (κ2) is 23.7. The monoisotopic (exact) mass is 1050 g/mol. The van der Waals surface area contributed by atoms with Gasteiger partial charge in [-0.1, -0.05) is 96.1 Å². The number of hydrogen-bond donors (Lipinski definition) is 2. The average molecular weight is 1050 g/mol. The minimum Gasteiger partial charge on any atom is -0.462 e. The zero-order valence-corrected chi connectivity index (χ0v) is 45.6. The standard InChI is InChI=1S/C63H82O13/c1-36(34-72-61-57(76-60(70)43-21-15-10-16-22-43)56(37(2)40(5)73-61)75-59(69)42-19-13-9-14-20-42)23-26-50(64)38(3)53-51(65)33-49-47-25-24-45-32-46(27-29-62(45,6)48(47)28-30-63(49,53)7)74-52-31-44(54(66)39(4)55(52)67)35-71-58(68)41-17-11-8-12-18-41/h8-22,36-40,44-49,52-57,61,66-67H,23-35H2,1-7H3/t36-,37+,38+,39-,40?,44?,45?,46?,47?,48?,49?,52+,53?,54-,55?,56-,57?,61+,62?,63?/m0/s1. The van der Waals surface area contributed by atoms with Gasteiger partial charge in [0, 0.05) is 42.4 Å². The van der Waals surface area contributed by atoms with Crippen LogP contribution >= 0.6 is 0 Å². The Morgan fingerprint density at radius 2 is 1.29 bits per heavy atom. The van der Waals surface area contributed by atoms with Gasteiger partial charge in [-0.2, -0.15) is 0 Å². The molecule has 6 fully saturated rings. The number of esters is 3. The molecule has 0 bridgehead atoms. The minimum absolute atomic E-state index is 0.0182. The summed E-state index contributed by atoms with van der Waals surface area (Å²) in [6.45, 7) is 14.6. The van der Waals surface area contributed by atoms with E-state index in [4.69, 9.17) is 28.4 Å². The number of aliphatic hydroxyl groups excluding tert-OH is 2. The Kier molecular flexibility index (Phi) is 17.4. The molecule has 76 heavy (non-hydrogen) atoms. The molecular formula is C63H82O13. The van der Waals surface area contributed by atoms with Crippen LogP contribution in [-0.4, -0.2) is 102 Å². The van der Waals surface area contributed by atoms with Crippen molar-refractivity contribution < 1.29 is 62.6 Å². The highest BCUT2D eigenvalue weighted by Crippen LogP contribution is 2.68. The predicted molar refractivity (Wildman–Crippen MR) is 284 cm³/mol. The van der Waals surface area contributed by atoms with Gasteiger partial charge in [0.1, 0.15) is 17.7 Å². The maximum atomic E-state index is 14.3. The molecule has 0 aromatic heterocycles. The lowest BCUT2D eigenvalue weighted by Gasteiger charge is -2.61. The Hall–Kier alpha value is -4.79. The van der Waals surface area contributed by atoms with E-state index in [1.807, 2.05) is 52.8 Å². The molecule has 3 aromatic rings. The molecule has 9 rings (SSSR count). The van der Waals surface area contributed by atoms with Crippen molar-refractivity contribution in [3.63, 3.8) is 0 Å². The molecule has 0 radical (unpaired) electrons. The van der Waals surface area contributed by atoms with Gasteiger partial charge in [0.15, 0.2) is 12.4 Å². The van der Waals surface area contributed by atoms with E-state index >= 15 is 0 Å². The van der Waals surface area contributed by atoms with Crippen molar-refractivity contribution >= 4 is 29.5 Å². The molecule has 1 aliphatic heterocycles. The zero-order chi connectivity index (χ0) is 54.1. The van der Waals surface area contributed by atoms with Gasteiger partial charge < -0.3 is 38.6 Å². The van der Waals surface area contributed by atoms with Crippen LogP contribution in [0.5, 0.6) is 0 Å². The van der Waals surface area contributed by atoms with Crippen molar-refractivity contribution in [2.45, 2.75) is 168 Å². The lowest BCUT2D eigenvalue weighted by atomic mass is 9.44. The quantitative estimate of drug-likeness (QED) is 0.0964. The van der Waals surface area contributed by atoms with E-state index in [0.29, 0.717) is 60.1 Å². The van der Waals surface area contributed by atoms with Crippen LogP contribution in [0.15, 0.2) is 91.0 Å². The molecule has 13 heteroatoms. The van der Waals surface area contributed by atoms with Gasteiger partial charge in [0.05, 0.1) is 60.4 Å². The Labute approximate surface area is 449 Å². The topological polar surface area (TPSA) is 181 Å². The van der Waals surface area contributed by atoms with Crippen molar-refractivity contribution in [2.24, 2.45) is 70.0 Å². The summed E-state index contributed by atoms with van der Waals surface area (Å²) in [6.07, 6.45) is 3.11. The van der Waals surface area contributed by atoms with Crippen molar-refractivity contribution in [1.29, 1.82) is 0 Å². The van der Waals surface area contributed by atoms with Gasteiger partial charge in [-0.25, -0.2) is 14.4 Å². The summed E-state index contributed by atoms with van der Waals surface area (Å²) in [5.41, 5.74) is 1.02. The van der Waals surface area contributed by atoms with Crippen molar-refractivity contribution in [3.05, 3.63) is 108 Å².